The molecular formula is C18H25ClN4OS. The average Bonchev–Trinajstić information content (AvgIpc) is 2.91. The average molecular weight is 381 g/mol. The quantitative estimate of drug-likeness (QED) is 0.589. The van der Waals surface area contributed by atoms with Crippen LogP contribution in [0.5, 0.6) is 5.75 Å². The number of hydrogen-bond acceptors (Lipinski definition) is 4. The molecule has 0 atom stereocenters. The second kappa shape index (κ2) is 9.63. The monoisotopic (exact) mass is 380 g/mol. The Morgan fingerprint density at radius 2 is 2.04 bits per heavy atom. The van der Waals surface area contributed by atoms with Crippen molar-refractivity contribution in [1.82, 2.24) is 15.2 Å². The van der Waals surface area contributed by atoms with Gasteiger partial charge in [0.1, 0.15) is 12.4 Å². The topological polar surface area (TPSA) is 49.8 Å². The van der Waals surface area contributed by atoms with Crippen LogP contribution in [0.2, 0.25) is 5.02 Å². The van der Waals surface area contributed by atoms with Crippen molar-refractivity contribution in [2.24, 2.45) is 4.99 Å². The molecule has 5 nitrogen and oxygen atoms in total. The largest absolute Gasteiger partial charge is 0.492 e. The van der Waals surface area contributed by atoms with Gasteiger partial charge in [-0.2, -0.15) is 0 Å². The summed E-state index contributed by atoms with van der Waals surface area (Å²) in [6.45, 7) is 6.25. The molecule has 0 aliphatic heterocycles. The molecule has 2 aromatic rings. The molecule has 1 N–H and O–H groups in total. The second-order valence-corrected chi connectivity index (χ2v) is 7.41. The third-order valence-electron chi connectivity index (χ3n) is 3.72. The summed E-state index contributed by atoms with van der Waals surface area (Å²) in [5.41, 5.74) is 1.13. The highest BCUT2D eigenvalue weighted by molar-refractivity contribution is 7.11. The normalized spacial score (nSPS) is 11.5. The van der Waals surface area contributed by atoms with Crippen LogP contribution in [0.4, 0.5) is 0 Å². The highest BCUT2D eigenvalue weighted by Crippen LogP contribution is 2.17. The van der Waals surface area contributed by atoms with E-state index in [0.717, 1.165) is 41.9 Å². The van der Waals surface area contributed by atoms with E-state index in [9.17, 15) is 0 Å². The number of nitrogens with zero attached hydrogens (tertiary/aromatic N) is 3. The summed E-state index contributed by atoms with van der Waals surface area (Å²) in [6.07, 6.45) is 0.950. The van der Waals surface area contributed by atoms with E-state index >= 15 is 0 Å². The van der Waals surface area contributed by atoms with Crippen molar-refractivity contribution >= 4 is 28.9 Å². The van der Waals surface area contributed by atoms with Gasteiger partial charge in [-0.3, -0.25) is 4.99 Å². The van der Waals surface area contributed by atoms with E-state index in [1.165, 1.54) is 4.88 Å². The Kier molecular flexibility index (Phi) is 7.52. The molecule has 2 rings (SSSR count). The molecule has 0 saturated carbocycles. The number of guanidine groups is 1. The molecule has 1 aromatic carbocycles. The van der Waals surface area contributed by atoms with Gasteiger partial charge in [-0.05, 0) is 38.1 Å². The number of halogens is 1. The Morgan fingerprint density at radius 3 is 2.64 bits per heavy atom. The van der Waals surface area contributed by atoms with Crippen molar-refractivity contribution in [2.75, 3.05) is 33.8 Å². The molecule has 7 heteroatoms. The Hall–Kier alpha value is -1.79. The molecular weight excluding hydrogens is 356 g/mol. The van der Waals surface area contributed by atoms with E-state index < -0.39 is 0 Å². The molecule has 0 saturated heterocycles. The fourth-order valence-electron chi connectivity index (χ4n) is 2.42. The first kappa shape index (κ1) is 19.5. The van der Waals surface area contributed by atoms with Crippen LogP contribution in [0.15, 0.2) is 29.3 Å². The van der Waals surface area contributed by atoms with Gasteiger partial charge in [-0.25, -0.2) is 4.98 Å². The maximum Gasteiger partial charge on any atom is 0.193 e. The lowest BCUT2D eigenvalue weighted by Gasteiger charge is -2.22. The Balaban J connectivity index is 1.73. The van der Waals surface area contributed by atoms with Gasteiger partial charge >= 0.3 is 0 Å². The van der Waals surface area contributed by atoms with Crippen LogP contribution >= 0.6 is 22.9 Å². The summed E-state index contributed by atoms with van der Waals surface area (Å²) in [4.78, 5) is 12.2. The number of aromatic nitrogens is 1. The van der Waals surface area contributed by atoms with E-state index in [4.69, 9.17) is 16.3 Å². The molecule has 0 amide bonds. The second-order valence-electron chi connectivity index (χ2n) is 5.69. The van der Waals surface area contributed by atoms with Crippen LogP contribution < -0.4 is 10.1 Å². The molecule has 0 aliphatic rings. The molecule has 0 bridgehead atoms. The molecule has 0 spiro atoms. The van der Waals surface area contributed by atoms with Crippen LogP contribution in [0.25, 0.3) is 0 Å². The number of aryl methyl sites for hydroxylation is 2. The first-order chi connectivity index (χ1) is 12.0. The van der Waals surface area contributed by atoms with Crippen molar-refractivity contribution in [3.63, 3.8) is 0 Å². The van der Waals surface area contributed by atoms with Gasteiger partial charge in [0.05, 0.1) is 17.2 Å². The molecule has 25 heavy (non-hydrogen) atoms. The summed E-state index contributed by atoms with van der Waals surface area (Å²) in [5.74, 6) is 1.68. The van der Waals surface area contributed by atoms with Crippen molar-refractivity contribution in [1.29, 1.82) is 0 Å². The van der Waals surface area contributed by atoms with Gasteiger partial charge in [0.15, 0.2) is 5.96 Å². The van der Waals surface area contributed by atoms with Crippen molar-refractivity contribution in [3.8, 4) is 5.75 Å². The predicted molar refractivity (Wildman–Crippen MR) is 106 cm³/mol. The number of aliphatic imine (C=N–C) groups is 1. The van der Waals surface area contributed by atoms with Gasteiger partial charge in [0.25, 0.3) is 0 Å². The number of ether oxygens (including phenoxy) is 1. The smallest absolute Gasteiger partial charge is 0.193 e. The number of rotatable bonds is 7. The minimum atomic E-state index is 0.575. The first-order valence-corrected chi connectivity index (χ1v) is 9.42. The van der Waals surface area contributed by atoms with Crippen LogP contribution in [0.1, 0.15) is 15.6 Å². The third-order valence-corrected chi connectivity index (χ3v) is 5.10. The Morgan fingerprint density at radius 1 is 1.32 bits per heavy atom. The zero-order chi connectivity index (χ0) is 18.2. The van der Waals surface area contributed by atoms with E-state index in [2.05, 4.69) is 27.1 Å². The highest BCUT2D eigenvalue weighted by atomic mass is 35.5. The Labute approximate surface area is 158 Å². The maximum absolute atomic E-state index is 5.87. The maximum atomic E-state index is 5.87. The SMILES string of the molecule is CN=C(NCCc1sc(C)nc1C)N(C)CCOc1ccc(Cl)cc1. The predicted octanol–water partition coefficient (Wildman–Crippen LogP) is 3.54. The van der Waals surface area contributed by atoms with Gasteiger partial charge in [0, 0.05) is 37.0 Å². The van der Waals surface area contributed by atoms with Gasteiger partial charge in [0.2, 0.25) is 0 Å². The van der Waals surface area contributed by atoms with Crippen LogP contribution in [-0.4, -0.2) is 49.6 Å². The summed E-state index contributed by atoms with van der Waals surface area (Å²) in [6, 6.07) is 7.39. The zero-order valence-electron chi connectivity index (χ0n) is 15.2. The fourth-order valence-corrected chi connectivity index (χ4v) is 3.48. The van der Waals surface area contributed by atoms with E-state index in [1.54, 1.807) is 18.4 Å². The van der Waals surface area contributed by atoms with Gasteiger partial charge < -0.3 is 15.0 Å². The first-order valence-electron chi connectivity index (χ1n) is 8.22. The van der Waals surface area contributed by atoms with Crippen LogP contribution in [0, 0.1) is 13.8 Å². The molecule has 0 aliphatic carbocycles. The molecule has 1 aromatic heterocycles. The number of benzene rings is 1. The van der Waals surface area contributed by atoms with Crippen molar-refractivity contribution < 1.29 is 4.74 Å². The summed E-state index contributed by atoms with van der Waals surface area (Å²) < 4.78 is 5.73. The molecule has 0 fully saturated rings. The lowest BCUT2D eigenvalue weighted by Crippen LogP contribution is -2.41. The third kappa shape index (κ3) is 6.21. The van der Waals surface area contributed by atoms with Gasteiger partial charge in [-0.15, -0.1) is 11.3 Å². The Bertz CT molecular complexity index is 700. The zero-order valence-corrected chi connectivity index (χ0v) is 16.7. The van der Waals surface area contributed by atoms with E-state index in [-0.39, 0.29) is 0 Å². The lowest BCUT2D eigenvalue weighted by atomic mass is 10.3. The number of hydrogen-bond donors (Lipinski definition) is 1. The number of thiazole rings is 1. The number of nitrogens with one attached hydrogen (secondary N) is 1. The van der Waals surface area contributed by atoms with Crippen molar-refractivity contribution in [2.45, 2.75) is 20.3 Å². The molecule has 0 unspecified atom stereocenters. The number of likely N-dealkylation sites (N-methyl/N-ethyl adjacent to an activating group) is 1. The van der Waals surface area contributed by atoms with Crippen molar-refractivity contribution in [3.05, 3.63) is 44.9 Å². The molecule has 0 radical (unpaired) electrons. The molecule has 1 heterocycles. The molecule has 136 valence electrons. The van der Waals surface area contributed by atoms with Gasteiger partial charge in [-0.1, -0.05) is 11.6 Å². The van der Waals surface area contributed by atoms with Crippen LogP contribution in [0.3, 0.4) is 0 Å². The van der Waals surface area contributed by atoms with E-state index in [1.807, 2.05) is 38.2 Å². The summed E-state index contributed by atoms with van der Waals surface area (Å²) in [7, 11) is 3.80. The van der Waals surface area contributed by atoms with E-state index in [0.29, 0.717) is 11.6 Å². The lowest BCUT2D eigenvalue weighted by molar-refractivity contribution is 0.281. The summed E-state index contributed by atoms with van der Waals surface area (Å²) >= 11 is 7.63. The van der Waals surface area contributed by atoms with Crippen LogP contribution in [-0.2, 0) is 6.42 Å². The minimum Gasteiger partial charge on any atom is -0.492 e. The highest BCUT2D eigenvalue weighted by Gasteiger charge is 2.08. The summed E-state index contributed by atoms with van der Waals surface area (Å²) in [5, 5.41) is 5.22. The fraction of sp³-hybridized carbons (Fsp3) is 0.444. The minimum absolute atomic E-state index is 0.575. The standard InChI is InChI=1S/C18H25ClN4OS/c1-13-17(25-14(2)22-13)9-10-21-18(20-3)23(4)11-12-24-16-7-5-15(19)6-8-16/h5-8H,9-12H2,1-4H3,(H,20,21).